The predicted octanol–water partition coefficient (Wildman–Crippen LogP) is 3.93. The van der Waals surface area contributed by atoms with Crippen LogP contribution >= 0.6 is 0 Å². The first-order valence-corrected chi connectivity index (χ1v) is 10.9. The molecule has 1 amide bonds. The number of nitrogens with one attached hydrogen (secondary N) is 1. The smallest absolute Gasteiger partial charge is 0.224 e. The molecule has 0 bridgehead atoms. The highest BCUT2D eigenvalue weighted by Gasteiger charge is 2.60. The summed E-state index contributed by atoms with van der Waals surface area (Å²) in [5, 5.41) is 3.25. The van der Waals surface area contributed by atoms with Gasteiger partial charge in [-0.2, -0.15) is 0 Å². The number of carbonyl (C=O) groups excluding carboxylic acids is 2. The van der Waals surface area contributed by atoms with Gasteiger partial charge in [-0.1, -0.05) is 19.9 Å². The summed E-state index contributed by atoms with van der Waals surface area (Å²) >= 11 is 0. The molecule has 28 heavy (non-hydrogen) atoms. The third-order valence-electron chi connectivity index (χ3n) is 8.34. The Labute approximate surface area is 169 Å². The van der Waals surface area contributed by atoms with Gasteiger partial charge in [-0.15, -0.1) is 0 Å². The summed E-state index contributed by atoms with van der Waals surface area (Å²) in [6, 6.07) is 0. The summed E-state index contributed by atoms with van der Waals surface area (Å²) in [6.45, 7) is 11.9. The molecule has 154 valence electrons. The van der Waals surface area contributed by atoms with Gasteiger partial charge in [-0.05, 0) is 75.7 Å². The second-order valence-corrected chi connectivity index (χ2v) is 11.2. The lowest BCUT2D eigenvalue weighted by molar-refractivity contribution is -0.133. The maximum Gasteiger partial charge on any atom is 0.224 e. The zero-order valence-corrected chi connectivity index (χ0v) is 18.3. The predicted molar refractivity (Wildman–Crippen MR) is 111 cm³/mol. The summed E-state index contributed by atoms with van der Waals surface area (Å²) in [7, 11) is 2.14. The van der Waals surface area contributed by atoms with Crippen LogP contribution in [0.5, 0.6) is 0 Å². The average Bonchev–Trinajstić information content (AvgIpc) is 2.93. The molecule has 0 aromatic rings. The number of likely N-dealkylation sites (tertiary alicyclic amines) is 1. The Morgan fingerprint density at radius 1 is 1.18 bits per heavy atom. The van der Waals surface area contributed by atoms with Crippen LogP contribution in [0.15, 0.2) is 23.9 Å². The molecule has 4 nitrogen and oxygen atoms in total. The Kier molecular flexibility index (Phi) is 4.37. The summed E-state index contributed by atoms with van der Waals surface area (Å²) in [6.07, 6.45) is 10.2. The van der Waals surface area contributed by atoms with Crippen LogP contribution in [0.2, 0.25) is 0 Å². The van der Waals surface area contributed by atoms with Crippen molar-refractivity contribution in [1.29, 1.82) is 0 Å². The highest BCUT2D eigenvalue weighted by molar-refractivity contribution is 6.01. The Morgan fingerprint density at radius 2 is 1.89 bits per heavy atom. The Morgan fingerprint density at radius 3 is 2.57 bits per heavy atom. The fourth-order valence-electron chi connectivity index (χ4n) is 7.10. The number of ketones is 1. The molecule has 0 unspecified atom stereocenters. The molecule has 4 heteroatoms. The van der Waals surface area contributed by atoms with Crippen molar-refractivity contribution in [2.45, 2.75) is 65.8 Å². The van der Waals surface area contributed by atoms with Crippen LogP contribution in [0.3, 0.4) is 0 Å². The Hall–Kier alpha value is -1.58. The highest BCUT2D eigenvalue weighted by Crippen LogP contribution is 2.64. The van der Waals surface area contributed by atoms with Crippen molar-refractivity contribution in [1.82, 2.24) is 10.2 Å². The van der Waals surface area contributed by atoms with Gasteiger partial charge in [0.2, 0.25) is 5.91 Å². The van der Waals surface area contributed by atoms with Crippen LogP contribution < -0.4 is 5.32 Å². The minimum atomic E-state index is -0.180. The van der Waals surface area contributed by atoms with Crippen molar-refractivity contribution in [3.05, 3.63) is 23.9 Å². The number of rotatable bonds is 1. The molecule has 4 rings (SSSR count). The molecule has 4 aliphatic rings. The van der Waals surface area contributed by atoms with Crippen molar-refractivity contribution in [3.63, 3.8) is 0 Å². The molecule has 2 saturated carbocycles. The van der Waals surface area contributed by atoms with Gasteiger partial charge in [0.05, 0.1) is 0 Å². The molecule has 3 fully saturated rings. The maximum atomic E-state index is 13.1. The lowest BCUT2D eigenvalue weighted by Crippen LogP contribution is -2.57. The molecular weight excluding hydrogens is 348 g/mol. The number of carbonyl (C=O) groups is 2. The minimum Gasteiger partial charge on any atom is -0.377 e. The number of allylic oxidation sites excluding steroid dienone is 3. The largest absolute Gasteiger partial charge is 0.377 e. The van der Waals surface area contributed by atoms with Crippen LogP contribution in [0.4, 0.5) is 0 Å². The van der Waals surface area contributed by atoms with E-state index < -0.39 is 0 Å². The number of hydrogen-bond acceptors (Lipinski definition) is 3. The number of amides is 1. The van der Waals surface area contributed by atoms with Gasteiger partial charge in [0.1, 0.15) is 0 Å². The molecule has 6 atom stereocenters. The highest BCUT2D eigenvalue weighted by atomic mass is 16.2. The van der Waals surface area contributed by atoms with Gasteiger partial charge < -0.3 is 10.2 Å². The second kappa shape index (κ2) is 6.21. The zero-order chi connectivity index (χ0) is 20.5. The second-order valence-electron chi connectivity index (χ2n) is 11.2. The SMILES string of the molecule is CN1C[C@H]2[C@@H]3CC[C@H](C(=O)NC(C)(C)C)[C@@]3(C)CC[C@@H]2[C@@]2(C)C=CC(=O)C=C12. The van der Waals surface area contributed by atoms with Crippen molar-refractivity contribution in [3.8, 4) is 0 Å². The van der Waals surface area contributed by atoms with E-state index in [1.54, 1.807) is 6.08 Å². The van der Waals surface area contributed by atoms with E-state index >= 15 is 0 Å². The van der Waals surface area contributed by atoms with Crippen molar-refractivity contribution in [2.75, 3.05) is 13.6 Å². The molecule has 0 aromatic carbocycles. The lowest BCUT2D eigenvalue weighted by atomic mass is 9.50. The van der Waals surface area contributed by atoms with Crippen molar-refractivity contribution < 1.29 is 9.59 Å². The number of piperidine rings is 1. The van der Waals surface area contributed by atoms with Crippen LogP contribution in [0.1, 0.15) is 60.3 Å². The van der Waals surface area contributed by atoms with Crippen LogP contribution in [-0.2, 0) is 9.59 Å². The van der Waals surface area contributed by atoms with E-state index in [4.69, 9.17) is 0 Å². The normalized spacial score (nSPS) is 42.4. The van der Waals surface area contributed by atoms with E-state index in [1.165, 1.54) is 5.70 Å². The van der Waals surface area contributed by atoms with Crippen LogP contribution in [0.25, 0.3) is 0 Å². The first kappa shape index (κ1) is 19.7. The van der Waals surface area contributed by atoms with Gasteiger partial charge in [-0.25, -0.2) is 0 Å². The van der Waals surface area contributed by atoms with Gasteiger partial charge in [-0.3, -0.25) is 9.59 Å². The number of nitrogens with zero attached hydrogens (tertiary/aromatic N) is 1. The number of hydrogen-bond donors (Lipinski definition) is 1. The summed E-state index contributed by atoms with van der Waals surface area (Å²) in [4.78, 5) is 27.4. The topological polar surface area (TPSA) is 49.4 Å². The Balaban J connectivity index is 1.63. The minimum absolute atomic E-state index is 0.0569. The van der Waals surface area contributed by atoms with Crippen molar-refractivity contribution >= 4 is 11.7 Å². The first-order valence-electron chi connectivity index (χ1n) is 10.9. The van der Waals surface area contributed by atoms with Gasteiger partial charge in [0, 0.05) is 42.2 Å². The summed E-state index contributed by atoms with van der Waals surface area (Å²) in [5.41, 5.74) is 1.03. The van der Waals surface area contributed by atoms with Crippen LogP contribution in [0, 0.1) is 34.5 Å². The van der Waals surface area contributed by atoms with Crippen LogP contribution in [-0.4, -0.2) is 35.7 Å². The maximum absolute atomic E-state index is 13.1. The van der Waals surface area contributed by atoms with Crippen molar-refractivity contribution in [2.24, 2.45) is 34.5 Å². The molecular formula is C24H36N2O2. The standard InChI is InChI=1S/C24H36N2O2/c1-22(2,3)25-21(28)19-8-7-17-16-14-26(6)20-13-15(27)9-11-24(20,5)18(16)10-12-23(17,19)4/h9,11,13,16-19H,7-8,10,12,14H2,1-6H3,(H,25,28)/t16-,17-,18-,19+,23-,24+/m0/s1. The zero-order valence-electron chi connectivity index (χ0n) is 18.3. The third-order valence-corrected chi connectivity index (χ3v) is 8.34. The fraction of sp³-hybridized carbons (Fsp3) is 0.750. The first-order chi connectivity index (χ1) is 13.0. The fourth-order valence-corrected chi connectivity index (χ4v) is 7.10. The molecule has 1 saturated heterocycles. The third kappa shape index (κ3) is 2.86. The van der Waals surface area contributed by atoms with E-state index in [-0.39, 0.29) is 34.0 Å². The van der Waals surface area contributed by atoms with E-state index in [0.717, 1.165) is 32.2 Å². The summed E-state index contributed by atoms with van der Waals surface area (Å²) in [5.74, 6) is 2.19. The quantitative estimate of drug-likeness (QED) is 0.745. The van der Waals surface area contributed by atoms with E-state index in [0.29, 0.717) is 17.8 Å². The molecule has 1 N–H and O–H groups in total. The van der Waals surface area contributed by atoms with E-state index in [9.17, 15) is 9.59 Å². The van der Waals surface area contributed by atoms with E-state index in [2.05, 4.69) is 58.0 Å². The Bertz CT molecular complexity index is 761. The van der Waals surface area contributed by atoms with Gasteiger partial charge in [0.15, 0.2) is 5.78 Å². The molecule has 1 aliphatic heterocycles. The molecule has 1 heterocycles. The average molecular weight is 385 g/mol. The number of fused-ring (bicyclic) bond motifs is 5. The monoisotopic (exact) mass is 384 g/mol. The summed E-state index contributed by atoms with van der Waals surface area (Å²) < 4.78 is 0. The molecule has 0 spiro atoms. The molecule has 0 radical (unpaired) electrons. The molecule has 0 aromatic heterocycles. The van der Waals surface area contributed by atoms with Gasteiger partial charge in [0.25, 0.3) is 0 Å². The van der Waals surface area contributed by atoms with E-state index in [1.807, 2.05) is 6.08 Å². The molecule has 3 aliphatic carbocycles. The van der Waals surface area contributed by atoms with Gasteiger partial charge >= 0.3 is 0 Å². The lowest BCUT2D eigenvalue weighted by Gasteiger charge is -2.59.